The van der Waals surface area contributed by atoms with Gasteiger partial charge in [-0.1, -0.05) is 49.6 Å². The molecule has 1 aliphatic carbocycles. The van der Waals surface area contributed by atoms with Crippen molar-refractivity contribution in [3.05, 3.63) is 76.7 Å². The van der Waals surface area contributed by atoms with E-state index in [0.717, 1.165) is 5.56 Å². The summed E-state index contributed by atoms with van der Waals surface area (Å²) in [5.41, 5.74) is 1.11. The molecule has 2 aromatic heterocycles. The Kier molecular flexibility index (Phi) is 6.23. The Balaban J connectivity index is 1.47. The fourth-order valence-electron chi connectivity index (χ4n) is 3.78. The molecule has 0 aliphatic heterocycles. The van der Waals surface area contributed by atoms with E-state index >= 15 is 0 Å². The number of amides is 1. The van der Waals surface area contributed by atoms with E-state index in [0.29, 0.717) is 29.8 Å². The van der Waals surface area contributed by atoms with Gasteiger partial charge in [-0.05, 0) is 48.6 Å². The number of aromatic amines is 1. The average molecular weight is 403 g/mol. The molecular weight excluding hydrogens is 378 g/mol. The standard InChI is InChI=1S/C24H25N3O3/c28-23-19(13-14-20(26-23)18-10-5-2-6-11-18)24(29)27-22-21(12-7-15-25-22)30-16-17-8-3-1-4-9-17/h2,5-7,10-15,17H,1,3-4,8-9,16H2,(H,26,28)(H,25,27,29). The monoisotopic (exact) mass is 403 g/mol. The normalized spacial score (nSPS) is 14.3. The first-order chi connectivity index (χ1) is 14.7. The fraction of sp³-hybridized carbons (Fsp3) is 0.292. The number of rotatable bonds is 6. The van der Waals surface area contributed by atoms with Gasteiger partial charge in [0.1, 0.15) is 5.56 Å². The second-order valence-corrected chi connectivity index (χ2v) is 7.60. The van der Waals surface area contributed by atoms with Crippen molar-refractivity contribution in [2.45, 2.75) is 32.1 Å². The molecule has 0 unspecified atom stereocenters. The van der Waals surface area contributed by atoms with Crippen LogP contribution < -0.4 is 15.6 Å². The second-order valence-electron chi connectivity index (χ2n) is 7.60. The zero-order chi connectivity index (χ0) is 20.8. The number of hydrogen-bond acceptors (Lipinski definition) is 4. The van der Waals surface area contributed by atoms with Gasteiger partial charge in [-0.25, -0.2) is 4.98 Å². The maximum atomic E-state index is 12.7. The number of nitrogens with zero attached hydrogens (tertiary/aromatic N) is 1. The van der Waals surface area contributed by atoms with Crippen molar-refractivity contribution >= 4 is 11.7 Å². The first-order valence-electron chi connectivity index (χ1n) is 10.4. The fourth-order valence-corrected chi connectivity index (χ4v) is 3.78. The largest absolute Gasteiger partial charge is 0.489 e. The van der Waals surface area contributed by atoms with Crippen LogP contribution in [0.4, 0.5) is 5.82 Å². The summed E-state index contributed by atoms with van der Waals surface area (Å²) in [5.74, 6) is 0.867. The minimum absolute atomic E-state index is 0.0264. The lowest BCUT2D eigenvalue weighted by atomic mass is 9.90. The molecule has 1 saturated carbocycles. The maximum Gasteiger partial charge on any atom is 0.262 e. The Labute approximate surface area is 175 Å². The number of ether oxygens (including phenoxy) is 1. The summed E-state index contributed by atoms with van der Waals surface area (Å²) >= 11 is 0. The predicted octanol–water partition coefficient (Wildman–Crippen LogP) is 4.65. The van der Waals surface area contributed by atoms with Crippen molar-refractivity contribution in [3.8, 4) is 17.0 Å². The first-order valence-corrected chi connectivity index (χ1v) is 10.4. The van der Waals surface area contributed by atoms with Crippen LogP contribution in [0.3, 0.4) is 0 Å². The number of aromatic nitrogens is 2. The van der Waals surface area contributed by atoms with Crippen LogP contribution in [0.1, 0.15) is 42.5 Å². The van der Waals surface area contributed by atoms with Gasteiger partial charge in [0.25, 0.3) is 11.5 Å². The molecule has 4 rings (SSSR count). The Morgan fingerprint density at radius 2 is 1.83 bits per heavy atom. The summed E-state index contributed by atoms with van der Waals surface area (Å²) in [6, 6.07) is 16.3. The second kappa shape index (κ2) is 9.39. The third kappa shape index (κ3) is 4.76. The van der Waals surface area contributed by atoms with Gasteiger partial charge >= 0.3 is 0 Å². The van der Waals surface area contributed by atoms with Crippen LogP contribution in [0.25, 0.3) is 11.3 Å². The number of hydrogen-bond donors (Lipinski definition) is 2. The van der Waals surface area contributed by atoms with E-state index in [1.807, 2.05) is 30.3 Å². The predicted molar refractivity (Wildman–Crippen MR) is 117 cm³/mol. The van der Waals surface area contributed by atoms with Gasteiger partial charge in [-0.15, -0.1) is 0 Å². The summed E-state index contributed by atoms with van der Waals surface area (Å²) in [7, 11) is 0. The minimum atomic E-state index is -0.517. The van der Waals surface area contributed by atoms with Crippen LogP contribution in [0.15, 0.2) is 65.6 Å². The van der Waals surface area contributed by atoms with E-state index in [2.05, 4.69) is 15.3 Å². The van der Waals surface area contributed by atoms with Gasteiger partial charge in [0, 0.05) is 11.9 Å². The van der Waals surface area contributed by atoms with Crippen LogP contribution in [-0.4, -0.2) is 22.5 Å². The number of carbonyl (C=O) groups excluding carboxylic acids is 1. The summed E-state index contributed by atoms with van der Waals surface area (Å²) < 4.78 is 5.96. The molecule has 2 N–H and O–H groups in total. The lowest BCUT2D eigenvalue weighted by molar-refractivity contribution is 0.102. The molecule has 0 radical (unpaired) electrons. The van der Waals surface area contributed by atoms with E-state index < -0.39 is 11.5 Å². The van der Waals surface area contributed by atoms with Crippen molar-refractivity contribution in [1.29, 1.82) is 0 Å². The summed E-state index contributed by atoms with van der Waals surface area (Å²) in [4.78, 5) is 32.2. The summed E-state index contributed by atoms with van der Waals surface area (Å²) in [6.45, 7) is 0.612. The first kappa shape index (κ1) is 19.9. The molecule has 0 bridgehead atoms. The molecule has 1 amide bonds. The number of nitrogens with one attached hydrogen (secondary N) is 2. The molecule has 1 fully saturated rings. The van der Waals surface area contributed by atoms with Crippen LogP contribution in [0.2, 0.25) is 0 Å². The van der Waals surface area contributed by atoms with Crippen molar-refractivity contribution in [2.24, 2.45) is 5.92 Å². The Morgan fingerprint density at radius 3 is 2.60 bits per heavy atom. The highest BCUT2D eigenvalue weighted by Gasteiger charge is 2.17. The lowest BCUT2D eigenvalue weighted by Crippen LogP contribution is -2.24. The van der Waals surface area contributed by atoms with E-state index in [1.54, 1.807) is 24.4 Å². The van der Waals surface area contributed by atoms with Crippen molar-refractivity contribution in [3.63, 3.8) is 0 Å². The third-order valence-electron chi connectivity index (χ3n) is 5.44. The van der Waals surface area contributed by atoms with Crippen molar-refractivity contribution in [1.82, 2.24) is 9.97 Å². The Hall–Kier alpha value is -3.41. The van der Waals surface area contributed by atoms with E-state index in [9.17, 15) is 9.59 Å². The van der Waals surface area contributed by atoms with Crippen LogP contribution >= 0.6 is 0 Å². The highest BCUT2D eigenvalue weighted by Crippen LogP contribution is 2.27. The Morgan fingerprint density at radius 1 is 1.03 bits per heavy atom. The van der Waals surface area contributed by atoms with Crippen LogP contribution in [0, 0.1) is 5.92 Å². The van der Waals surface area contributed by atoms with Gasteiger partial charge in [-0.3, -0.25) is 9.59 Å². The molecule has 6 heteroatoms. The zero-order valence-corrected chi connectivity index (χ0v) is 16.8. The smallest absolute Gasteiger partial charge is 0.262 e. The molecule has 0 spiro atoms. The molecule has 0 saturated heterocycles. The molecule has 154 valence electrons. The average Bonchev–Trinajstić information content (AvgIpc) is 2.79. The highest BCUT2D eigenvalue weighted by atomic mass is 16.5. The molecule has 1 aromatic carbocycles. The number of H-pyrrole nitrogens is 1. The molecule has 1 aliphatic rings. The summed E-state index contributed by atoms with van der Waals surface area (Å²) in [6.07, 6.45) is 7.71. The van der Waals surface area contributed by atoms with Gasteiger partial charge in [0.05, 0.1) is 6.61 Å². The van der Waals surface area contributed by atoms with Gasteiger partial charge in [-0.2, -0.15) is 0 Å². The van der Waals surface area contributed by atoms with Crippen molar-refractivity contribution in [2.75, 3.05) is 11.9 Å². The number of carbonyl (C=O) groups is 1. The molecule has 0 atom stereocenters. The third-order valence-corrected chi connectivity index (χ3v) is 5.44. The quantitative estimate of drug-likeness (QED) is 0.628. The van der Waals surface area contributed by atoms with Gasteiger partial charge in [0.2, 0.25) is 0 Å². The maximum absolute atomic E-state index is 12.7. The molecule has 3 aromatic rings. The van der Waals surface area contributed by atoms with Crippen LogP contribution in [0.5, 0.6) is 5.75 Å². The molecular formula is C24H25N3O3. The van der Waals surface area contributed by atoms with Gasteiger partial charge < -0.3 is 15.0 Å². The topological polar surface area (TPSA) is 84.1 Å². The lowest BCUT2D eigenvalue weighted by Gasteiger charge is -2.22. The molecule has 2 heterocycles. The van der Waals surface area contributed by atoms with Crippen molar-refractivity contribution < 1.29 is 9.53 Å². The van der Waals surface area contributed by atoms with Gasteiger partial charge in [0.15, 0.2) is 11.6 Å². The number of benzene rings is 1. The van der Waals surface area contributed by atoms with E-state index in [-0.39, 0.29) is 5.56 Å². The summed E-state index contributed by atoms with van der Waals surface area (Å²) in [5, 5.41) is 2.72. The van der Waals surface area contributed by atoms with E-state index in [1.165, 1.54) is 38.2 Å². The zero-order valence-electron chi connectivity index (χ0n) is 16.8. The number of anilines is 1. The molecule has 6 nitrogen and oxygen atoms in total. The highest BCUT2D eigenvalue weighted by molar-refractivity contribution is 6.04. The van der Waals surface area contributed by atoms with Crippen LogP contribution in [-0.2, 0) is 0 Å². The Bertz CT molecular complexity index is 1060. The number of pyridine rings is 2. The SMILES string of the molecule is O=C(Nc1ncccc1OCC1CCCCC1)c1ccc(-c2ccccc2)[nH]c1=O. The minimum Gasteiger partial charge on any atom is -0.489 e. The molecule has 30 heavy (non-hydrogen) atoms. The van der Waals surface area contributed by atoms with E-state index in [4.69, 9.17) is 4.74 Å².